The minimum atomic E-state index is -6.00. The highest BCUT2D eigenvalue weighted by Gasteiger charge is 2.21. The lowest BCUT2D eigenvalue weighted by molar-refractivity contribution is 0.368. The Balaban J connectivity index is 0.000000437. The third-order valence-corrected chi connectivity index (χ3v) is 3.34. The van der Waals surface area contributed by atoms with E-state index in [2.05, 4.69) is 52.8 Å². The lowest BCUT2D eigenvalue weighted by Gasteiger charge is -1.98. The molecule has 3 nitrogen and oxygen atoms in total. The Kier molecular flexibility index (Phi) is 6.43. The number of halogens is 7. The van der Waals surface area contributed by atoms with Crippen LogP contribution in [0.15, 0.2) is 19.5 Å². The van der Waals surface area contributed by atoms with Gasteiger partial charge in [-0.05, 0) is 53.9 Å². The van der Waals surface area contributed by atoms with Gasteiger partial charge in [0.05, 0.1) is 5.69 Å². The van der Waals surface area contributed by atoms with E-state index in [1.165, 1.54) is 0 Å². The van der Waals surface area contributed by atoms with Crippen molar-refractivity contribution in [2.45, 2.75) is 0 Å². The molecule has 0 saturated carbocycles. The SMILES string of the molecule is F[B-](F)(F)F.N#[N+]c1c(Br)cc(Br)c(N)c1Br. The lowest BCUT2D eigenvalue weighted by Crippen LogP contribution is -2.02. The van der Waals surface area contributed by atoms with Crippen LogP contribution in [0.5, 0.6) is 0 Å². The quantitative estimate of drug-likeness (QED) is 0.255. The maximum absolute atomic E-state index is 9.75. The predicted molar refractivity (Wildman–Crippen MR) is 68.9 cm³/mol. The monoisotopic (exact) mass is 441 g/mol. The molecule has 2 N–H and O–H groups in total. The molecule has 17 heavy (non-hydrogen) atoms. The Morgan fingerprint density at radius 1 is 1.12 bits per heavy atom. The van der Waals surface area contributed by atoms with Crippen molar-refractivity contribution in [3.63, 3.8) is 0 Å². The van der Waals surface area contributed by atoms with Crippen molar-refractivity contribution < 1.29 is 17.3 Å². The summed E-state index contributed by atoms with van der Waals surface area (Å²) in [6.07, 6.45) is 0. The second-order valence-electron chi connectivity index (χ2n) is 2.51. The second-order valence-corrected chi connectivity index (χ2v) is 5.01. The van der Waals surface area contributed by atoms with Crippen LogP contribution in [0.1, 0.15) is 0 Å². The third-order valence-electron chi connectivity index (χ3n) is 1.28. The van der Waals surface area contributed by atoms with Crippen LogP contribution in [-0.4, -0.2) is 7.25 Å². The van der Waals surface area contributed by atoms with Crippen molar-refractivity contribution in [2.24, 2.45) is 0 Å². The normalized spacial score (nSPS) is 10.2. The Morgan fingerprint density at radius 2 is 1.53 bits per heavy atom. The highest BCUT2D eigenvalue weighted by atomic mass is 79.9. The van der Waals surface area contributed by atoms with Gasteiger partial charge in [-0.15, -0.1) is 0 Å². The van der Waals surface area contributed by atoms with Crippen LogP contribution < -0.4 is 5.73 Å². The first kappa shape index (κ1) is 16.7. The number of nitrogen functional groups attached to an aromatic ring is 1. The number of diazo groups is 1. The summed E-state index contributed by atoms with van der Waals surface area (Å²) < 4.78 is 41.0. The molecule has 0 fully saturated rings. The molecule has 0 unspecified atom stereocenters. The molecule has 0 aliphatic carbocycles. The molecule has 0 aliphatic rings. The first-order valence-electron chi connectivity index (χ1n) is 3.73. The Hall–Kier alpha value is -0.335. The molecule has 0 atom stereocenters. The third kappa shape index (κ3) is 6.23. The zero-order valence-corrected chi connectivity index (χ0v) is 12.5. The molecule has 0 bridgehead atoms. The van der Waals surface area contributed by atoms with Gasteiger partial charge in [-0.2, -0.15) is 0 Å². The molecule has 0 spiro atoms. The predicted octanol–water partition coefficient (Wildman–Crippen LogP) is 5.34. The summed E-state index contributed by atoms with van der Waals surface area (Å²) >= 11 is 9.68. The van der Waals surface area contributed by atoms with E-state index in [0.29, 0.717) is 20.3 Å². The highest BCUT2D eigenvalue weighted by molar-refractivity contribution is 9.11. The Labute approximate surface area is 119 Å². The van der Waals surface area contributed by atoms with Gasteiger partial charge in [-0.3, -0.25) is 0 Å². The van der Waals surface area contributed by atoms with E-state index in [1.54, 1.807) is 6.07 Å². The summed E-state index contributed by atoms with van der Waals surface area (Å²) in [4.78, 5) is 3.08. The van der Waals surface area contributed by atoms with Gasteiger partial charge in [0.25, 0.3) is 0 Å². The maximum Gasteiger partial charge on any atom is 0.673 e. The molecular formula is C6H3BBr3F4N3. The van der Waals surface area contributed by atoms with Gasteiger partial charge in [0.2, 0.25) is 5.39 Å². The number of nitrogens with two attached hydrogens (primary N) is 1. The van der Waals surface area contributed by atoms with Gasteiger partial charge in [0.15, 0.2) is 4.98 Å². The molecule has 0 amide bonds. The van der Waals surface area contributed by atoms with Crippen LogP contribution >= 0.6 is 47.8 Å². The van der Waals surface area contributed by atoms with Crippen LogP contribution in [0.2, 0.25) is 0 Å². The van der Waals surface area contributed by atoms with Gasteiger partial charge in [0.1, 0.15) is 8.95 Å². The number of rotatable bonds is 0. The van der Waals surface area contributed by atoms with E-state index >= 15 is 0 Å². The lowest BCUT2D eigenvalue weighted by atomic mass is 10.3. The van der Waals surface area contributed by atoms with Gasteiger partial charge >= 0.3 is 12.9 Å². The van der Waals surface area contributed by atoms with E-state index < -0.39 is 7.25 Å². The molecule has 0 aromatic heterocycles. The van der Waals surface area contributed by atoms with E-state index in [-0.39, 0.29) is 0 Å². The number of benzene rings is 1. The van der Waals surface area contributed by atoms with Gasteiger partial charge < -0.3 is 23.0 Å². The minimum Gasteiger partial charge on any atom is -0.418 e. The van der Waals surface area contributed by atoms with Crippen LogP contribution in [0.3, 0.4) is 0 Å². The van der Waals surface area contributed by atoms with Crippen LogP contribution in [0, 0.1) is 5.39 Å². The Morgan fingerprint density at radius 3 is 1.88 bits per heavy atom. The first-order chi connectivity index (χ1) is 7.57. The minimum absolute atomic E-state index is 0.385. The zero-order chi connectivity index (χ0) is 13.8. The van der Waals surface area contributed by atoms with E-state index in [4.69, 9.17) is 11.1 Å². The van der Waals surface area contributed by atoms with Gasteiger partial charge in [0, 0.05) is 4.47 Å². The van der Waals surface area contributed by atoms with Crippen LogP contribution in [0.25, 0.3) is 4.98 Å². The van der Waals surface area contributed by atoms with Crippen LogP contribution in [-0.2, 0) is 0 Å². The second kappa shape index (κ2) is 6.56. The molecule has 11 heteroatoms. The molecule has 1 aromatic rings. The molecule has 0 saturated heterocycles. The fourth-order valence-corrected chi connectivity index (χ4v) is 2.97. The first-order valence-corrected chi connectivity index (χ1v) is 6.11. The zero-order valence-electron chi connectivity index (χ0n) is 7.77. The molecular weight excluding hydrogens is 441 g/mol. The summed E-state index contributed by atoms with van der Waals surface area (Å²) in [7, 11) is -6.00. The van der Waals surface area contributed by atoms with E-state index in [0.717, 1.165) is 4.47 Å². The fourth-order valence-electron chi connectivity index (χ4n) is 0.686. The maximum atomic E-state index is 9.75. The molecule has 94 valence electrons. The molecule has 0 aliphatic heterocycles. The molecule has 1 rings (SSSR count). The number of nitrogens with zero attached hydrogens (tertiary/aromatic N) is 2. The molecule has 1 aromatic carbocycles. The summed E-state index contributed by atoms with van der Waals surface area (Å²) in [5.74, 6) is 0. The highest BCUT2D eigenvalue weighted by Crippen LogP contribution is 2.41. The molecule has 0 heterocycles. The number of anilines is 1. The van der Waals surface area contributed by atoms with Crippen molar-refractivity contribution in [3.8, 4) is 0 Å². The van der Waals surface area contributed by atoms with Crippen LogP contribution in [0.4, 0.5) is 28.6 Å². The summed E-state index contributed by atoms with van der Waals surface area (Å²) in [5, 5.41) is 8.61. The van der Waals surface area contributed by atoms with Crippen molar-refractivity contribution in [2.75, 3.05) is 5.73 Å². The average molecular weight is 444 g/mol. The van der Waals surface area contributed by atoms with Crippen molar-refractivity contribution in [1.29, 1.82) is 5.39 Å². The average Bonchev–Trinajstić information content (AvgIpc) is 2.12. The summed E-state index contributed by atoms with van der Waals surface area (Å²) in [5.41, 5.74) is 6.53. The fraction of sp³-hybridized carbons (Fsp3) is 0. The number of hydrogen-bond donors (Lipinski definition) is 1. The largest absolute Gasteiger partial charge is 0.673 e. The number of hydrogen-bond acceptors (Lipinski definition) is 2. The summed E-state index contributed by atoms with van der Waals surface area (Å²) in [6.45, 7) is 0. The molecule has 0 radical (unpaired) electrons. The van der Waals surface area contributed by atoms with Crippen molar-refractivity contribution in [1.82, 2.24) is 0 Å². The van der Waals surface area contributed by atoms with Crippen molar-refractivity contribution >= 4 is 66.4 Å². The smallest absolute Gasteiger partial charge is 0.418 e. The van der Waals surface area contributed by atoms with Crippen molar-refractivity contribution in [3.05, 3.63) is 24.5 Å². The van der Waals surface area contributed by atoms with Gasteiger partial charge in [-0.1, -0.05) is 0 Å². The topological polar surface area (TPSA) is 54.2 Å². The van der Waals surface area contributed by atoms with Gasteiger partial charge in [-0.25, -0.2) is 0 Å². The van der Waals surface area contributed by atoms with E-state index in [1.807, 2.05) is 0 Å². The standard InChI is InChI=1S/C6H3Br3N3.BF4/c7-2-1-3(8)6(12-11)4(9)5(2)10;2-1(3,4)5/h1H,10H2;/q+1;-1. The van der Waals surface area contributed by atoms with E-state index in [9.17, 15) is 17.3 Å². The summed E-state index contributed by atoms with van der Waals surface area (Å²) in [6, 6.07) is 1.72. The Bertz CT molecular complexity index is 453.